The molecule has 2 aromatic rings. The predicted molar refractivity (Wildman–Crippen MR) is 85.8 cm³/mol. The van der Waals surface area contributed by atoms with Gasteiger partial charge in [-0.3, -0.25) is 4.79 Å². The van der Waals surface area contributed by atoms with Gasteiger partial charge in [0.2, 0.25) is 5.91 Å². The molecule has 2 rings (SSSR count). The van der Waals surface area contributed by atoms with Gasteiger partial charge in [-0.1, -0.05) is 59.7 Å². The van der Waals surface area contributed by atoms with Crippen LogP contribution in [0.1, 0.15) is 28.3 Å². The van der Waals surface area contributed by atoms with Gasteiger partial charge < -0.3 is 10.6 Å². The fourth-order valence-electron chi connectivity index (χ4n) is 2.32. The summed E-state index contributed by atoms with van der Waals surface area (Å²) >= 11 is 0. The van der Waals surface area contributed by atoms with Crippen molar-refractivity contribution in [3.8, 4) is 0 Å². The summed E-state index contributed by atoms with van der Waals surface area (Å²) in [4.78, 5) is 14.1. The Morgan fingerprint density at radius 1 is 1.10 bits per heavy atom. The monoisotopic (exact) mass is 282 g/mol. The van der Waals surface area contributed by atoms with E-state index in [0.717, 1.165) is 16.7 Å². The lowest BCUT2D eigenvalue weighted by Crippen LogP contribution is -2.35. The summed E-state index contributed by atoms with van der Waals surface area (Å²) in [6, 6.07) is 15.3. The van der Waals surface area contributed by atoms with Crippen LogP contribution in [-0.4, -0.2) is 17.9 Å². The Bertz CT molecular complexity index is 619. The number of likely N-dealkylation sites (N-methyl/N-ethyl adjacent to an activating group) is 1. The van der Waals surface area contributed by atoms with E-state index >= 15 is 0 Å². The van der Waals surface area contributed by atoms with Crippen LogP contribution in [0.5, 0.6) is 0 Å². The molecule has 1 atom stereocenters. The van der Waals surface area contributed by atoms with Crippen molar-refractivity contribution in [2.45, 2.75) is 26.4 Å². The molecule has 1 amide bonds. The molecule has 3 nitrogen and oxygen atoms in total. The fourth-order valence-corrected chi connectivity index (χ4v) is 2.32. The van der Waals surface area contributed by atoms with Gasteiger partial charge in [0.15, 0.2) is 0 Å². The zero-order valence-electron chi connectivity index (χ0n) is 12.8. The number of amides is 1. The summed E-state index contributed by atoms with van der Waals surface area (Å²) in [5, 5.41) is 0. The smallest absolute Gasteiger partial charge is 0.244 e. The molecule has 0 radical (unpaired) electrons. The number of carbonyl (C=O) groups is 1. The van der Waals surface area contributed by atoms with Crippen molar-refractivity contribution >= 4 is 5.91 Å². The summed E-state index contributed by atoms with van der Waals surface area (Å²) in [6.45, 7) is 4.63. The van der Waals surface area contributed by atoms with E-state index in [1.54, 1.807) is 11.9 Å². The molecule has 21 heavy (non-hydrogen) atoms. The Hall–Kier alpha value is -2.13. The van der Waals surface area contributed by atoms with Crippen LogP contribution in [0.4, 0.5) is 0 Å². The lowest BCUT2D eigenvalue weighted by Gasteiger charge is -2.22. The highest BCUT2D eigenvalue weighted by Crippen LogP contribution is 2.15. The van der Waals surface area contributed by atoms with E-state index in [1.807, 2.05) is 56.3 Å². The average Bonchev–Trinajstić information content (AvgIpc) is 2.46. The Balaban J connectivity index is 2.06. The van der Waals surface area contributed by atoms with Crippen molar-refractivity contribution in [1.29, 1.82) is 0 Å². The molecule has 0 fully saturated rings. The van der Waals surface area contributed by atoms with Crippen LogP contribution in [0.2, 0.25) is 0 Å². The normalized spacial score (nSPS) is 12.0. The number of hydrogen-bond acceptors (Lipinski definition) is 2. The number of nitrogens with two attached hydrogens (primary N) is 1. The summed E-state index contributed by atoms with van der Waals surface area (Å²) in [6.07, 6.45) is 0. The van der Waals surface area contributed by atoms with Crippen LogP contribution in [0.3, 0.4) is 0 Å². The summed E-state index contributed by atoms with van der Waals surface area (Å²) in [7, 11) is 1.79. The van der Waals surface area contributed by atoms with Gasteiger partial charge in [-0.15, -0.1) is 0 Å². The minimum absolute atomic E-state index is 0.0691. The second-order valence-electron chi connectivity index (χ2n) is 5.57. The van der Waals surface area contributed by atoms with E-state index in [4.69, 9.17) is 5.73 Å². The van der Waals surface area contributed by atoms with Crippen LogP contribution < -0.4 is 5.73 Å². The highest BCUT2D eigenvalue weighted by atomic mass is 16.2. The molecule has 0 spiro atoms. The molecule has 0 saturated carbocycles. The predicted octanol–water partition coefficient (Wildman–Crippen LogP) is 2.96. The van der Waals surface area contributed by atoms with E-state index in [0.29, 0.717) is 6.54 Å². The van der Waals surface area contributed by atoms with Gasteiger partial charge in [0, 0.05) is 13.6 Å². The zero-order valence-corrected chi connectivity index (χ0v) is 12.8. The van der Waals surface area contributed by atoms with Gasteiger partial charge in [-0.25, -0.2) is 0 Å². The molecule has 2 aromatic carbocycles. The molecule has 0 saturated heterocycles. The average molecular weight is 282 g/mol. The molecule has 1 unspecified atom stereocenters. The molecular weight excluding hydrogens is 260 g/mol. The van der Waals surface area contributed by atoms with E-state index in [2.05, 4.69) is 6.07 Å². The first-order chi connectivity index (χ1) is 9.97. The maximum atomic E-state index is 12.4. The van der Waals surface area contributed by atoms with Crippen LogP contribution in [0.25, 0.3) is 0 Å². The second kappa shape index (κ2) is 6.55. The van der Waals surface area contributed by atoms with Gasteiger partial charge in [0.25, 0.3) is 0 Å². The highest BCUT2D eigenvalue weighted by Gasteiger charge is 2.19. The molecule has 0 aliphatic heterocycles. The molecule has 0 aliphatic rings. The Kier molecular flexibility index (Phi) is 4.76. The third kappa shape index (κ3) is 3.92. The topological polar surface area (TPSA) is 46.3 Å². The van der Waals surface area contributed by atoms with Crippen molar-refractivity contribution in [3.63, 3.8) is 0 Å². The van der Waals surface area contributed by atoms with E-state index in [9.17, 15) is 4.79 Å². The molecular formula is C18H22N2O. The molecule has 110 valence electrons. The largest absolute Gasteiger partial charge is 0.340 e. The van der Waals surface area contributed by atoms with Gasteiger partial charge in [0.1, 0.15) is 6.04 Å². The molecule has 0 bridgehead atoms. The van der Waals surface area contributed by atoms with Crippen LogP contribution in [0.15, 0.2) is 48.5 Å². The first kappa shape index (κ1) is 15.3. The fraction of sp³-hybridized carbons (Fsp3) is 0.278. The Morgan fingerprint density at radius 3 is 2.38 bits per heavy atom. The van der Waals surface area contributed by atoms with Crippen LogP contribution in [0, 0.1) is 13.8 Å². The van der Waals surface area contributed by atoms with Crippen molar-refractivity contribution in [2.75, 3.05) is 7.05 Å². The van der Waals surface area contributed by atoms with Crippen molar-refractivity contribution in [3.05, 3.63) is 70.8 Å². The maximum Gasteiger partial charge on any atom is 0.244 e. The number of nitrogens with zero attached hydrogens (tertiary/aromatic N) is 1. The lowest BCUT2D eigenvalue weighted by molar-refractivity contribution is -0.131. The molecule has 2 N–H and O–H groups in total. The highest BCUT2D eigenvalue weighted by molar-refractivity contribution is 5.82. The van der Waals surface area contributed by atoms with Crippen molar-refractivity contribution < 1.29 is 4.79 Å². The quantitative estimate of drug-likeness (QED) is 0.937. The molecule has 0 heterocycles. The molecule has 3 heteroatoms. The minimum Gasteiger partial charge on any atom is -0.340 e. The number of carbonyl (C=O) groups excluding carboxylic acids is 1. The zero-order chi connectivity index (χ0) is 15.4. The van der Waals surface area contributed by atoms with Gasteiger partial charge in [0.05, 0.1) is 0 Å². The van der Waals surface area contributed by atoms with Crippen LogP contribution >= 0.6 is 0 Å². The summed E-state index contributed by atoms with van der Waals surface area (Å²) in [5.74, 6) is -0.0691. The summed E-state index contributed by atoms with van der Waals surface area (Å²) in [5.41, 5.74) is 10.4. The van der Waals surface area contributed by atoms with E-state index in [-0.39, 0.29) is 5.91 Å². The number of benzene rings is 2. The third-order valence-electron chi connectivity index (χ3n) is 3.58. The SMILES string of the molecule is Cc1ccc(C(N)C(=O)N(C)Cc2cccc(C)c2)cc1. The third-order valence-corrected chi connectivity index (χ3v) is 3.58. The first-order valence-electron chi connectivity index (χ1n) is 7.10. The minimum atomic E-state index is -0.611. The van der Waals surface area contributed by atoms with E-state index in [1.165, 1.54) is 5.56 Å². The lowest BCUT2D eigenvalue weighted by atomic mass is 10.0. The van der Waals surface area contributed by atoms with Crippen LogP contribution in [-0.2, 0) is 11.3 Å². The second-order valence-corrected chi connectivity index (χ2v) is 5.57. The van der Waals surface area contributed by atoms with Gasteiger partial charge in [-0.05, 0) is 25.0 Å². The first-order valence-corrected chi connectivity index (χ1v) is 7.10. The summed E-state index contributed by atoms with van der Waals surface area (Å²) < 4.78 is 0. The van der Waals surface area contributed by atoms with E-state index < -0.39 is 6.04 Å². The number of hydrogen-bond donors (Lipinski definition) is 1. The van der Waals surface area contributed by atoms with Gasteiger partial charge in [-0.2, -0.15) is 0 Å². The van der Waals surface area contributed by atoms with Gasteiger partial charge >= 0.3 is 0 Å². The molecule has 0 aliphatic carbocycles. The van der Waals surface area contributed by atoms with Crippen molar-refractivity contribution in [2.24, 2.45) is 5.73 Å². The number of aryl methyl sites for hydroxylation is 2. The Morgan fingerprint density at radius 2 is 1.76 bits per heavy atom. The maximum absolute atomic E-state index is 12.4. The Labute approximate surface area is 126 Å². The number of rotatable bonds is 4. The van der Waals surface area contributed by atoms with Crippen molar-refractivity contribution in [1.82, 2.24) is 4.90 Å². The molecule has 0 aromatic heterocycles. The standard InChI is InChI=1S/C18H22N2O/c1-13-7-9-16(10-8-13)17(19)18(21)20(3)12-15-6-4-5-14(2)11-15/h4-11,17H,12,19H2,1-3H3.